The van der Waals surface area contributed by atoms with Crippen LogP contribution < -0.4 is 0 Å². The van der Waals surface area contributed by atoms with Crippen LogP contribution in [0.5, 0.6) is 0 Å². The van der Waals surface area contributed by atoms with E-state index in [1.54, 1.807) is 0 Å². The average Bonchev–Trinajstić information content (AvgIpc) is 2.71. The van der Waals surface area contributed by atoms with Gasteiger partial charge in [-0.15, -0.1) is 0 Å². The van der Waals surface area contributed by atoms with E-state index in [0.29, 0.717) is 38.6 Å². The summed E-state index contributed by atoms with van der Waals surface area (Å²) in [6.07, 6.45) is 16.3. The monoisotopic (exact) mass is 426 g/mol. The molecule has 0 unspecified atom stereocenters. The van der Waals surface area contributed by atoms with Crippen molar-refractivity contribution >= 4 is 0 Å². The van der Waals surface area contributed by atoms with Gasteiger partial charge in [0.05, 0.1) is 11.7 Å². The van der Waals surface area contributed by atoms with Crippen LogP contribution in [0.15, 0.2) is 0 Å². The van der Waals surface area contributed by atoms with E-state index in [4.69, 9.17) is 4.74 Å². The van der Waals surface area contributed by atoms with Crippen LogP contribution in [0, 0.1) is 50.2 Å². The quantitative estimate of drug-likeness (QED) is 0.378. The van der Waals surface area contributed by atoms with Crippen LogP contribution in [0.4, 0.5) is 0 Å². The van der Waals surface area contributed by atoms with Crippen molar-refractivity contribution in [3.05, 3.63) is 0 Å². The van der Waals surface area contributed by atoms with Crippen LogP contribution in [0.25, 0.3) is 0 Å². The molecule has 1 spiro atoms. The Morgan fingerprint density at radius 2 is 1.23 bits per heavy atom. The second kappa shape index (κ2) is 5.78. The molecule has 5 saturated carbocycles. The lowest BCUT2D eigenvalue weighted by Crippen LogP contribution is -2.78. The maximum Gasteiger partial charge on any atom is 0.0795 e. The molecule has 1 nitrogen and oxygen atoms in total. The summed E-state index contributed by atoms with van der Waals surface area (Å²) in [5, 5.41) is 0. The smallest absolute Gasteiger partial charge is 0.0795 e. The van der Waals surface area contributed by atoms with Gasteiger partial charge in [-0.25, -0.2) is 0 Å². The highest BCUT2D eigenvalue weighted by atomic mass is 16.5. The lowest BCUT2D eigenvalue weighted by molar-refractivity contribution is -0.399. The second-order valence-electron chi connectivity index (χ2n) is 15.9. The first kappa shape index (κ1) is 21.5. The molecule has 2 bridgehead atoms. The minimum Gasteiger partial charge on any atom is -0.370 e. The minimum absolute atomic E-state index is 0.196. The van der Waals surface area contributed by atoms with Crippen molar-refractivity contribution in [1.29, 1.82) is 0 Å². The van der Waals surface area contributed by atoms with Crippen molar-refractivity contribution in [3.8, 4) is 0 Å². The lowest BCUT2D eigenvalue weighted by Gasteiger charge is -2.79. The Morgan fingerprint density at radius 1 is 0.581 bits per heavy atom. The lowest BCUT2D eigenvalue weighted by atomic mass is 9.30. The minimum atomic E-state index is 0.196. The van der Waals surface area contributed by atoms with Crippen LogP contribution in [-0.2, 0) is 4.74 Å². The molecule has 5 aliphatic carbocycles. The third-order valence-electron chi connectivity index (χ3n) is 14.1. The number of hydrogen-bond acceptors (Lipinski definition) is 1. The summed E-state index contributed by atoms with van der Waals surface area (Å²) >= 11 is 0. The van der Waals surface area contributed by atoms with Gasteiger partial charge in [0.25, 0.3) is 0 Å². The molecule has 0 aromatic heterocycles. The highest BCUT2D eigenvalue weighted by molar-refractivity contribution is 5.25. The fraction of sp³-hybridized carbons (Fsp3) is 1.00. The molecule has 0 N–H and O–H groups in total. The van der Waals surface area contributed by atoms with Crippen molar-refractivity contribution < 1.29 is 4.74 Å². The molecule has 0 aromatic carbocycles. The van der Waals surface area contributed by atoms with Gasteiger partial charge < -0.3 is 4.74 Å². The molecule has 0 aromatic rings. The standard InChI is InChI=1S/C30H50O/c1-24(2)13-14-26(5)15-17-28(7)20-11-12-30-21(9-10-23(31-30)25(30,3)4)27(20,6)16-18-29(28,8)22(26)19-24/h20-23H,9-19H2,1-8H3/t20-,21-,22-,23+,26+,27-,28+,29-,30-/m1/s1. The zero-order valence-electron chi connectivity index (χ0n) is 22.0. The summed E-state index contributed by atoms with van der Waals surface area (Å²) < 4.78 is 6.82. The third-order valence-corrected chi connectivity index (χ3v) is 14.1. The first-order valence-corrected chi connectivity index (χ1v) is 13.9. The van der Waals surface area contributed by atoms with Gasteiger partial charge >= 0.3 is 0 Å². The Balaban J connectivity index is 1.40. The van der Waals surface area contributed by atoms with Gasteiger partial charge in [0, 0.05) is 5.41 Å². The van der Waals surface area contributed by atoms with Gasteiger partial charge in [0.1, 0.15) is 0 Å². The number of ether oxygens (including phenoxy) is 1. The molecule has 7 fully saturated rings. The third kappa shape index (κ3) is 2.25. The molecule has 0 radical (unpaired) electrons. The summed E-state index contributed by atoms with van der Waals surface area (Å²) in [6.45, 7) is 21.2. The van der Waals surface area contributed by atoms with Gasteiger partial charge in [-0.05, 0) is 115 Å². The normalized spacial score (nSPS) is 61.2. The van der Waals surface area contributed by atoms with Crippen molar-refractivity contribution in [3.63, 3.8) is 0 Å². The van der Waals surface area contributed by atoms with Crippen molar-refractivity contribution in [1.82, 2.24) is 0 Å². The molecule has 9 atom stereocenters. The molecule has 2 heterocycles. The summed E-state index contributed by atoms with van der Waals surface area (Å²) in [5.41, 5.74) is 3.21. The Labute approximate surface area is 192 Å². The molecular formula is C30H50O. The first-order chi connectivity index (χ1) is 14.2. The SMILES string of the molecule is CC1(C)CC[C@@]2(C)CC[C@@]3(C)[C@@H]4CC[C@@]56O[C@@H](CC[C@@H]5[C@]4(C)CC[C@]3(C)[C@@H]2C1)C6(C)C. The van der Waals surface area contributed by atoms with E-state index in [2.05, 4.69) is 55.4 Å². The van der Waals surface area contributed by atoms with Crippen molar-refractivity contribution in [2.45, 2.75) is 138 Å². The Morgan fingerprint density at radius 3 is 1.94 bits per heavy atom. The maximum atomic E-state index is 6.82. The highest BCUT2D eigenvalue weighted by Gasteiger charge is 2.76. The number of fused-ring (bicyclic) bond motifs is 6. The van der Waals surface area contributed by atoms with E-state index >= 15 is 0 Å². The van der Waals surface area contributed by atoms with Crippen molar-refractivity contribution in [2.24, 2.45) is 50.2 Å². The Kier molecular flexibility index (Phi) is 4.00. The van der Waals surface area contributed by atoms with E-state index in [9.17, 15) is 0 Å². The predicted molar refractivity (Wildman–Crippen MR) is 129 cm³/mol. The molecule has 2 aliphatic heterocycles. The Bertz CT molecular complexity index is 796. The molecule has 1 heteroatoms. The fourth-order valence-corrected chi connectivity index (χ4v) is 11.8. The van der Waals surface area contributed by atoms with Gasteiger partial charge in [-0.3, -0.25) is 0 Å². The zero-order valence-corrected chi connectivity index (χ0v) is 22.0. The van der Waals surface area contributed by atoms with Gasteiger partial charge in [0.15, 0.2) is 0 Å². The average molecular weight is 427 g/mol. The summed E-state index contributed by atoms with van der Waals surface area (Å²) in [4.78, 5) is 0. The molecular weight excluding hydrogens is 376 g/mol. The topological polar surface area (TPSA) is 9.23 Å². The van der Waals surface area contributed by atoms with E-state index in [1.807, 2.05) is 0 Å². The van der Waals surface area contributed by atoms with Crippen molar-refractivity contribution in [2.75, 3.05) is 0 Å². The van der Waals surface area contributed by atoms with Crippen LogP contribution in [0.1, 0.15) is 126 Å². The van der Waals surface area contributed by atoms with Crippen LogP contribution >= 0.6 is 0 Å². The van der Waals surface area contributed by atoms with E-state index in [0.717, 1.165) is 17.8 Å². The van der Waals surface area contributed by atoms with Gasteiger partial charge in [-0.2, -0.15) is 0 Å². The zero-order chi connectivity index (χ0) is 22.3. The van der Waals surface area contributed by atoms with Gasteiger partial charge in [-0.1, -0.05) is 55.4 Å². The molecule has 0 amide bonds. The predicted octanol–water partition coefficient (Wildman–Crippen LogP) is 8.41. The number of rotatable bonds is 0. The largest absolute Gasteiger partial charge is 0.370 e. The molecule has 176 valence electrons. The molecule has 7 aliphatic rings. The molecule has 7 rings (SSSR count). The summed E-state index contributed by atoms with van der Waals surface area (Å²) in [5.74, 6) is 2.59. The van der Waals surface area contributed by atoms with E-state index in [1.165, 1.54) is 70.6 Å². The summed E-state index contributed by atoms with van der Waals surface area (Å²) in [6, 6.07) is 0. The maximum absolute atomic E-state index is 6.82. The highest BCUT2D eigenvalue weighted by Crippen LogP contribution is 2.80. The molecule has 31 heavy (non-hydrogen) atoms. The van der Waals surface area contributed by atoms with Crippen LogP contribution in [-0.4, -0.2) is 11.7 Å². The second-order valence-corrected chi connectivity index (χ2v) is 15.9. The Hall–Kier alpha value is -0.0400. The van der Waals surface area contributed by atoms with Crippen LogP contribution in [0.2, 0.25) is 0 Å². The fourth-order valence-electron chi connectivity index (χ4n) is 11.8. The van der Waals surface area contributed by atoms with Gasteiger partial charge in [0.2, 0.25) is 0 Å². The molecule has 2 saturated heterocycles. The van der Waals surface area contributed by atoms with Crippen LogP contribution in [0.3, 0.4) is 0 Å². The number of hydrogen-bond donors (Lipinski definition) is 0. The first-order valence-electron chi connectivity index (χ1n) is 13.9. The van der Waals surface area contributed by atoms with E-state index < -0.39 is 0 Å². The summed E-state index contributed by atoms with van der Waals surface area (Å²) in [7, 11) is 0. The van der Waals surface area contributed by atoms with E-state index in [-0.39, 0.29) is 5.60 Å².